The number of benzene rings is 2. The van der Waals surface area contributed by atoms with Crippen molar-refractivity contribution in [3.8, 4) is 0 Å². The number of ether oxygens (including phenoxy) is 1. The molecule has 4 heteroatoms. The van der Waals surface area contributed by atoms with Crippen molar-refractivity contribution >= 4 is 33.7 Å². The lowest BCUT2D eigenvalue weighted by atomic mass is 9.70. The van der Waals surface area contributed by atoms with Gasteiger partial charge in [-0.15, -0.1) is 0 Å². The molecule has 0 aliphatic heterocycles. The van der Waals surface area contributed by atoms with E-state index in [1.165, 1.54) is 6.42 Å². The molecular formula is C35H55NO3. The number of carbonyl (C=O) groups excluding carboxylic acids is 2. The first-order chi connectivity index (χ1) is 16.5. The van der Waals surface area contributed by atoms with Crippen molar-refractivity contribution in [1.29, 1.82) is 0 Å². The fourth-order valence-corrected chi connectivity index (χ4v) is 7.05. The molecule has 2 bridgehead atoms. The molecule has 0 N–H and O–H groups in total. The van der Waals surface area contributed by atoms with Crippen LogP contribution in [0.5, 0.6) is 0 Å². The van der Waals surface area contributed by atoms with Gasteiger partial charge in [-0.2, -0.15) is 0 Å². The summed E-state index contributed by atoms with van der Waals surface area (Å²) in [6, 6.07) is 16.1. The molecule has 0 saturated heterocycles. The normalized spacial score (nSPS) is 23.6. The number of carbonyl (C=O) groups is 2. The molecule has 218 valence electrons. The van der Waals surface area contributed by atoms with Gasteiger partial charge >= 0.3 is 5.97 Å². The molecule has 0 amide bonds. The molecule has 0 spiro atoms. The van der Waals surface area contributed by atoms with E-state index < -0.39 is 5.41 Å². The molecule has 0 radical (unpaired) electrons. The zero-order valence-corrected chi connectivity index (χ0v) is 22.1. The van der Waals surface area contributed by atoms with E-state index in [1.54, 1.807) is 0 Å². The average Bonchev–Trinajstić information content (AvgIpc) is 3.35. The summed E-state index contributed by atoms with van der Waals surface area (Å²) in [5.74, 6) is 0.233. The Kier molecular flexibility index (Phi) is 10.5. The van der Waals surface area contributed by atoms with Gasteiger partial charge in [0.25, 0.3) is 0 Å². The molecule has 5 rings (SSSR count). The lowest BCUT2D eigenvalue weighted by Gasteiger charge is -2.39. The number of aromatic nitrogens is 1. The van der Waals surface area contributed by atoms with E-state index in [-0.39, 0.29) is 64.4 Å². The van der Waals surface area contributed by atoms with Gasteiger partial charge in [-0.3, -0.25) is 14.2 Å². The Morgan fingerprint density at radius 2 is 1.46 bits per heavy atom. The van der Waals surface area contributed by atoms with Crippen molar-refractivity contribution in [2.75, 3.05) is 0 Å². The van der Waals surface area contributed by atoms with Crippen LogP contribution in [0.3, 0.4) is 0 Å². The molecule has 1 aromatic heterocycles. The zero-order valence-electron chi connectivity index (χ0n) is 22.1. The van der Waals surface area contributed by atoms with Crippen LogP contribution >= 0.6 is 0 Å². The molecule has 2 aliphatic rings. The van der Waals surface area contributed by atoms with Gasteiger partial charge in [0, 0.05) is 22.1 Å². The third kappa shape index (κ3) is 5.16. The smallest absolute Gasteiger partial charge is 0.311 e. The Bertz CT molecular complexity index is 1250. The van der Waals surface area contributed by atoms with Crippen molar-refractivity contribution in [3.63, 3.8) is 0 Å². The van der Waals surface area contributed by atoms with E-state index in [2.05, 4.69) is 32.9 Å². The minimum atomic E-state index is -0.739. The fourth-order valence-electron chi connectivity index (χ4n) is 7.05. The molecule has 4 nitrogen and oxygen atoms in total. The van der Waals surface area contributed by atoms with Crippen molar-refractivity contribution in [2.24, 2.45) is 28.1 Å². The van der Waals surface area contributed by atoms with Crippen LogP contribution in [-0.4, -0.2) is 22.5 Å². The van der Waals surface area contributed by atoms with E-state index in [0.717, 1.165) is 34.6 Å². The Hall–Kier alpha value is -2.62. The predicted molar refractivity (Wildman–Crippen MR) is 168 cm³/mol. The van der Waals surface area contributed by atoms with Crippen LogP contribution in [0.1, 0.15) is 108 Å². The highest BCUT2D eigenvalue weighted by atomic mass is 16.5. The summed E-state index contributed by atoms with van der Waals surface area (Å²) in [6.45, 7) is 12.9. The molecule has 2 aliphatic carbocycles. The van der Waals surface area contributed by atoms with E-state index in [1.807, 2.05) is 61.7 Å². The predicted octanol–water partition coefficient (Wildman–Crippen LogP) is 10.2. The van der Waals surface area contributed by atoms with Gasteiger partial charge in [-0.25, -0.2) is 0 Å². The van der Waals surface area contributed by atoms with Crippen molar-refractivity contribution in [2.45, 2.75) is 109 Å². The standard InChI is InChI=1S/C31H39NO3.4CH4/c1-7-20(27(33)32-24-14-10-8-12-22(24)23-13-9-11-15-25(23)32)19-29(2,3)28(34)35-26-18-21-16-17-31(26,6)30(21,4)5;;;;/h8-15,20-21,26H,7,16-19H2,1-6H3;4*1H4. The number of fused-ring (bicyclic) bond motifs is 5. The zero-order chi connectivity index (χ0) is 25.2. The monoisotopic (exact) mass is 537 g/mol. The van der Waals surface area contributed by atoms with Crippen molar-refractivity contribution in [3.05, 3.63) is 48.5 Å². The molecule has 4 unspecified atom stereocenters. The van der Waals surface area contributed by atoms with E-state index in [9.17, 15) is 9.59 Å². The largest absolute Gasteiger partial charge is 0.461 e. The third-order valence-electron chi connectivity index (χ3n) is 9.92. The quantitative estimate of drug-likeness (QED) is 0.294. The SMILES string of the molecule is C.C.C.C.CCC(CC(C)(C)C(=O)OC1CC2CCC1(C)C2(C)C)C(=O)n1c2ccccc2c2ccccc21. The van der Waals surface area contributed by atoms with Crippen molar-refractivity contribution < 1.29 is 14.3 Å². The second kappa shape index (κ2) is 11.9. The molecule has 4 atom stereocenters. The third-order valence-corrected chi connectivity index (χ3v) is 9.92. The topological polar surface area (TPSA) is 48.3 Å². The number of esters is 1. The maximum absolute atomic E-state index is 14.0. The van der Waals surface area contributed by atoms with Crippen LogP contribution in [0.2, 0.25) is 0 Å². The van der Waals surface area contributed by atoms with E-state index in [0.29, 0.717) is 18.8 Å². The molecule has 2 fully saturated rings. The highest BCUT2D eigenvalue weighted by Crippen LogP contribution is 2.66. The minimum absolute atomic E-state index is 0. The van der Waals surface area contributed by atoms with Gasteiger partial charge in [-0.1, -0.05) is 93.8 Å². The first kappa shape index (κ1) is 34.4. The van der Waals surface area contributed by atoms with Gasteiger partial charge in [0.15, 0.2) is 0 Å². The van der Waals surface area contributed by atoms with Crippen LogP contribution in [0.25, 0.3) is 21.8 Å². The number of rotatable bonds is 6. The minimum Gasteiger partial charge on any atom is -0.461 e. The summed E-state index contributed by atoms with van der Waals surface area (Å²) in [5, 5.41) is 2.16. The summed E-state index contributed by atoms with van der Waals surface area (Å²) in [4.78, 5) is 27.5. The van der Waals surface area contributed by atoms with Gasteiger partial charge < -0.3 is 4.74 Å². The molecule has 39 heavy (non-hydrogen) atoms. The molecule has 1 heterocycles. The first-order valence-electron chi connectivity index (χ1n) is 13.2. The molecule has 3 aromatic rings. The molecular weight excluding hydrogens is 482 g/mol. The lowest BCUT2D eigenvalue weighted by Crippen LogP contribution is -2.41. The Labute approximate surface area is 238 Å². The van der Waals surface area contributed by atoms with Gasteiger partial charge in [0.2, 0.25) is 5.91 Å². The number of para-hydroxylation sites is 2. The van der Waals surface area contributed by atoms with Crippen molar-refractivity contribution in [1.82, 2.24) is 4.57 Å². The Morgan fingerprint density at radius 3 is 1.90 bits per heavy atom. The van der Waals surface area contributed by atoms with Crippen LogP contribution in [0.4, 0.5) is 0 Å². The average molecular weight is 538 g/mol. The molecule has 2 aromatic carbocycles. The van der Waals surface area contributed by atoms with Gasteiger partial charge in [-0.05, 0) is 69.4 Å². The molecule has 2 saturated carbocycles. The summed E-state index contributed by atoms with van der Waals surface area (Å²) in [5.41, 5.74) is 1.34. The van der Waals surface area contributed by atoms with Gasteiger partial charge in [0.1, 0.15) is 6.10 Å². The summed E-state index contributed by atoms with van der Waals surface area (Å²) >= 11 is 0. The Morgan fingerprint density at radius 1 is 0.949 bits per heavy atom. The summed E-state index contributed by atoms with van der Waals surface area (Å²) < 4.78 is 8.11. The van der Waals surface area contributed by atoms with E-state index >= 15 is 0 Å². The maximum atomic E-state index is 14.0. The highest BCUT2D eigenvalue weighted by molar-refractivity contribution is 6.13. The van der Waals surface area contributed by atoms with Crippen LogP contribution < -0.4 is 0 Å². The van der Waals surface area contributed by atoms with Crippen LogP contribution in [0.15, 0.2) is 48.5 Å². The first-order valence-corrected chi connectivity index (χ1v) is 13.2. The summed E-state index contributed by atoms with van der Waals surface area (Å²) in [7, 11) is 0. The van der Waals surface area contributed by atoms with Crippen LogP contribution in [0, 0.1) is 28.1 Å². The second-order valence-corrected chi connectivity index (χ2v) is 12.4. The maximum Gasteiger partial charge on any atom is 0.311 e. The number of hydrogen-bond acceptors (Lipinski definition) is 3. The van der Waals surface area contributed by atoms with Gasteiger partial charge in [0.05, 0.1) is 16.4 Å². The number of nitrogens with zero attached hydrogens (tertiary/aromatic N) is 1. The number of hydrogen-bond donors (Lipinski definition) is 0. The summed E-state index contributed by atoms with van der Waals surface area (Å²) in [6.07, 6.45) is 4.42. The second-order valence-electron chi connectivity index (χ2n) is 12.4. The lowest BCUT2D eigenvalue weighted by molar-refractivity contribution is -0.168. The fraction of sp³-hybridized carbons (Fsp3) is 0.600. The highest BCUT2D eigenvalue weighted by Gasteiger charge is 2.63. The Balaban J connectivity index is 0.00000190. The van der Waals surface area contributed by atoms with Crippen LogP contribution in [-0.2, 0) is 9.53 Å². The van der Waals surface area contributed by atoms with E-state index in [4.69, 9.17) is 4.74 Å².